The number of benzene rings is 1. The first-order chi connectivity index (χ1) is 9.83. The summed E-state index contributed by atoms with van der Waals surface area (Å²) in [4.78, 5) is 14.6. The van der Waals surface area contributed by atoms with E-state index in [2.05, 4.69) is 9.72 Å². The van der Waals surface area contributed by atoms with Gasteiger partial charge < -0.3 is 9.84 Å². The average molecular weight is 297 g/mol. The maximum atomic E-state index is 12.1. The molecule has 1 heterocycles. The lowest BCUT2D eigenvalue weighted by Crippen LogP contribution is -2.16. The lowest BCUT2D eigenvalue weighted by atomic mass is 10.0. The first-order valence-electron chi connectivity index (χ1n) is 5.85. The first-order valence-corrected chi connectivity index (χ1v) is 5.85. The summed E-state index contributed by atoms with van der Waals surface area (Å²) in [5, 5.41) is 8.72. The molecule has 1 N–H and O–H groups in total. The van der Waals surface area contributed by atoms with Crippen molar-refractivity contribution in [1.82, 2.24) is 4.98 Å². The summed E-state index contributed by atoms with van der Waals surface area (Å²) < 4.78 is 39.9. The molecule has 0 aliphatic carbocycles. The fourth-order valence-electron chi connectivity index (χ4n) is 1.77. The van der Waals surface area contributed by atoms with Crippen molar-refractivity contribution in [2.75, 3.05) is 0 Å². The van der Waals surface area contributed by atoms with E-state index in [0.29, 0.717) is 16.7 Å². The van der Waals surface area contributed by atoms with Crippen LogP contribution < -0.4 is 4.74 Å². The van der Waals surface area contributed by atoms with E-state index in [-0.39, 0.29) is 12.2 Å². The highest BCUT2D eigenvalue weighted by atomic mass is 19.4. The minimum Gasteiger partial charge on any atom is -0.481 e. The Morgan fingerprint density at radius 3 is 2.38 bits per heavy atom. The highest BCUT2D eigenvalue weighted by molar-refractivity contribution is 5.71. The number of rotatable bonds is 4. The van der Waals surface area contributed by atoms with Gasteiger partial charge in [-0.25, -0.2) is 0 Å². The largest absolute Gasteiger partial charge is 0.573 e. The summed E-state index contributed by atoms with van der Waals surface area (Å²) in [6.07, 6.45) is -1.97. The Morgan fingerprint density at radius 1 is 1.14 bits per heavy atom. The highest BCUT2D eigenvalue weighted by Gasteiger charge is 2.30. The summed E-state index contributed by atoms with van der Waals surface area (Å²) in [7, 11) is 0. The minimum absolute atomic E-state index is 0.171. The van der Waals surface area contributed by atoms with Crippen molar-refractivity contribution in [2.45, 2.75) is 12.8 Å². The molecule has 0 atom stereocenters. The van der Waals surface area contributed by atoms with E-state index >= 15 is 0 Å². The Hall–Kier alpha value is -2.57. The predicted molar refractivity (Wildman–Crippen MR) is 67.7 cm³/mol. The molecule has 0 amide bonds. The van der Waals surface area contributed by atoms with Gasteiger partial charge in [-0.05, 0) is 29.3 Å². The van der Waals surface area contributed by atoms with Crippen molar-refractivity contribution < 1.29 is 27.8 Å². The van der Waals surface area contributed by atoms with Crippen LogP contribution in [-0.2, 0) is 11.2 Å². The van der Waals surface area contributed by atoms with Crippen molar-refractivity contribution >= 4 is 5.97 Å². The molecule has 1 aromatic carbocycles. The number of aromatic nitrogens is 1. The molecule has 0 saturated carbocycles. The number of hydrogen-bond donors (Lipinski definition) is 1. The number of ether oxygens (including phenoxy) is 1. The van der Waals surface area contributed by atoms with Gasteiger partial charge in [0.15, 0.2) is 0 Å². The van der Waals surface area contributed by atoms with Gasteiger partial charge in [0.2, 0.25) is 0 Å². The number of halogens is 3. The van der Waals surface area contributed by atoms with Gasteiger partial charge in [0.05, 0.1) is 6.42 Å². The average Bonchev–Trinajstić information content (AvgIpc) is 2.37. The summed E-state index contributed by atoms with van der Waals surface area (Å²) in [6.45, 7) is 0. The molecule has 0 saturated heterocycles. The Balaban J connectivity index is 2.20. The third-order valence-electron chi connectivity index (χ3n) is 2.57. The second-order valence-electron chi connectivity index (χ2n) is 4.22. The van der Waals surface area contributed by atoms with Gasteiger partial charge >= 0.3 is 12.3 Å². The molecule has 4 nitrogen and oxygen atoms in total. The SMILES string of the molecule is O=C(O)Cc1cncc(-c2ccc(OC(F)(F)F)cc2)c1. The summed E-state index contributed by atoms with van der Waals surface area (Å²) >= 11 is 0. The van der Waals surface area contributed by atoms with E-state index in [9.17, 15) is 18.0 Å². The van der Waals surface area contributed by atoms with Gasteiger partial charge in [0, 0.05) is 18.0 Å². The fourth-order valence-corrected chi connectivity index (χ4v) is 1.77. The molecular weight excluding hydrogens is 287 g/mol. The topological polar surface area (TPSA) is 59.4 Å². The van der Waals surface area contributed by atoms with Gasteiger partial charge in [-0.15, -0.1) is 13.2 Å². The zero-order valence-corrected chi connectivity index (χ0v) is 10.6. The molecule has 0 spiro atoms. The molecule has 0 aliphatic heterocycles. The zero-order chi connectivity index (χ0) is 15.5. The van der Waals surface area contributed by atoms with Crippen molar-refractivity contribution in [3.63, 3.8) is 0 Å². The zero-order valence-electron chi connectivity index (χ0n) is 10.6. The van der Waals surface area contributed by atoms with Crippen LogP contribution >= 0.6 is 0 Å². The number of pyridine rings is 1. The van der Waals surface area contributed by atoms with Crippen LogP contribution in [0.15, 0.2) is 42.7 Å². The van der Waals surface area contributed by atoms with Crippen LogP contribution in [0.3, 0.4) is 0 Å². The second-order valence-corrected chi connectivity index (χ2v) is 4.22. The minimum atomic E-state index is -4.73. The van der Waals surface area contributed by atoms with Crippen molar-refractivity contribution in [1.29, 1.82) is 0 Å². The van der Waals surface area contributed by atoms with E-state index in [4.69, 9.17) is 5.11 Å². The Bertz CT molecular complexity index is 639. The number of alkyl halides is 3. The van der Waals surface area contributed by atoms with Crippen molar-refractivity contribution in [3.8, 4) is 16.9 Å². The van der Waals surface area contributed by atoms with Crippen LogP contribution in [0.2, 0.25) is 0 Å². The van der Waals surface area contributed by atoms with Crippen LogP contribution in [0.25, 0.3) is 11.1 Å². The normalized spacial score (nSPS) is 11.2. The van der Waals surface area contributed by atoms with Crippen molar-refractivity contribution in [2.24, 2.45) is 0 Å². The van der Waals surface area contributed by atoms with E-state index < -0.39 is 12.3 Å². The number of nitrogens with zero attached hydrogens (tertiary/aromatic N) is 1. The van der Waals surface area contributed by atoms with Crippen LogP contribution in [0.5, 0.6) is 5.75 Å². The molecule has 0 bridgehead atoms. The number of aliphatic carboxylic acids is 1. The molecule has 2 rings (SSSR count). The fraction of sp³-hybridized carbons (Fsp3) is 0.143. The summed E-state index contributed by atoms with van der Waals surface area (Å²) in [6, 6.07) is 6.89. The third-order valence-corrected chi connectivity index (χ3v) is 2.57. The maximum Gasteiger partial charge on any atom is 0.573 e. The second kappa shape index (κ2) is 5.82. The smallest absolute Gasteiger partial charge is 0.481 e. The van der Waals surface area contributed by atoms with Gasteiger partial charge in [0.1, 0.15) is 5.75 Å². The Kier molecular flexibility index (Phi) is 4.11. The van der Waals surface area contributed by atoms with E-state index in [0.717, 1.165) is 0 Å². The maximum absolute atomic E-state index is 12.1. The van der Waals surface area contributed by atoms with Gasteiger partial charge in [-0.1, -0.05) is 12.1 Å². The first kappa shape index (κ1) is 14.8. The van der Waals surface area contributed by atoms with E-state index in [1.165, 1.54) is 36.7 Å². The van der Waals surface area contributed by atoms with Crippen LogP contribution in [0.4, 0.5) is 13.2 Å². The molecule has 0 aliphatic rings. The van der Waals surface area contributed by atoms with Crippen LogP contribution in [0.1, 0.15) is 5.56 Å². The molecule has 110 valence electrons. The molecule has 0 fully saturated rings. The molecular formula is C14H10F3NO3. The van der Waals surface area contributed by atoms with E-state index in [1.54, 1.807) is 6.07 Å². The molecule has 0 unspecified atom stereocenters. The lowest BCUT2D eigenvalue weighted by molar-refractivity contribution is -0.274. The summed E-state index contributed by atoms with van der Waals surface area (Å²) in [5.41, 5.74) is 1.74. The van der Waals surface area contributed by atoms with Gasteiger partial charge in [-0.3, -0.25) is 9.78 Å². The lowest BCUT2D eigenvalue weighted by Gasteiger charge is -2.09. The molecule has 0 radical (unpaired) electrons. The quantitative estimate of drug-likeness (QED) is 0.941. The van der Waals surface area contributed by atoms with Gasteiger partial charge in [-0.2, -0.15) is 0 Å². The van der Waals surface area contributed by atoms with Crippen molar-refractivity contribution in [3.05, 3.63) is 48.3 Å². The third kappa shape index (κ3) is 4.48. The van der Waals surface area contributed by atoms with Crippen LogP contribution in [-0.4, -0.2) is 22.4 Å². The Labute approximate surface area is 117 Å². The number of carboxylic acids is 1. The number of carboxylic acid groups (broad SMARTS) is 1. The molecule has 2 aromatic rings. The van der Waals surface area contributed by atoms with Gasteiger partial charge in [0.25, 0.3) is 0 Å². The molecule has 7 heteroatoms. The molecule has 21 heavy (non-hydrogen) atoms. The van der Waals surface area contributed by atoms with E-state index in [1.807, 2.05) is 0 Å². The van der Waals surface area contributed by atoms with Crippen LogP contribution in [0, 0.1) is 0 Å². The monoisotopic (exact) mass is 297 g/mol. The number of carbonyl (C=O) groups is 1. The summed E-state index contributed by atoms with van der Waals surface area (Å²) in [5.74, 6) is -1.30. The molecule has 1 aromatic heterocycles. The number of hydrogen-bond acceptors (Lipinski definition) is 3. The highest BCUT2D eigenvalue weighted by Crippen LogP contribution is 2.26. The standard InChI is InChI=1S/C14H10F3NO3/c15-14(16,17)21-12-3-1-10(2-4-12)11-5-9(6-13(19)20)7-18-8-11/h1-5,7-8H,6H2,(H,19,20). The Morgan fingerprint density at radius 2 is 1.81 bits per heavy atom. The predicted octanol–water partition coefficient (Wildman–Crippen LogP) is 3.27.